The van der Waals surface area contributed by atoms with Crippen molar-refractivity contribution in [3.05, 3.63) is 18.0 Å². The summed E-state index contributed by atoms with van der Waals surface area (Å²) in [5.41, 5.74) is 1.04. The standard InChI is InChI=1S/C12H18N4O2/c1-9-6-13-11(14-7-9)15-8-10-2-4-16(5-3-10)12(17)18/h6-7,10H,2-5,8H2,1H3,(H,17,18)(H,13,14,15). The quantitative estimate of drug-likeness (QED) is 0.851. The average molecular weight is 250 g/mol. The van der Waals surface area contributed by atoms with Crippen molar-refractivity contribution in [1.82, 2.24) is 14.9 Å². The molecular weight excluding hydrogens is 232 g/mol. The van der Waals surface area contributed by atoms with Gasteiger partial charge in [0.15, 0.2) is 0 Å². The Morgan fingerprint density at radius 2 is 2.06 bits per heavy atom. The molecule has 1 aliphatic rings. The average Bonchev–Trinajstić information content (AvgIpc) is 2.38. The summed E-state index contributed by atoms with van der Waals surface area (Å²) in [7, 11) is 0. The molecule has 0 spiro atoms. The van der Waals surface area contributed by atoms with Crippen LogP contribution in [-0.4, -0.2) is 45.7 Å². The number of likely N-dealkylation sites (tertiary alicyclic amines) is 1. The molecule has 2 rings (SSSR count). The summed E-state index contributed by atoms with van der Waals surface area (Å²) in [5.74, 6) is 1.13. The lowest BCUT2D eigenvalue weighted by atomic mass is 9.97. The van der Waals surface area contributed by atoms with Gasteiger partial charge in [-0.3, -0.25) is 0 Å². The number of piperidine rings is 1. The van der Waals surface area contributed by atoms with Crippen molar-refractivity contribution in [3.8, 4) is 0 Å². The molecular formula is C12H18N4O2. The minimum Gasteiger partial charge on any atom is -0.465 e. The van der Waals surface area contributed by atoms with Crippen molar-refractivity contribution in [2.24, 2.45) is 5.92 Å². The molecule has 0 aliphatic carbocycles. The Kier molecular flexibility index (Phi) is 3.96. The molecule has 1 aromatic heterocycles. The Morgan fingerprint density at radius 1 is 1.44 bits per heavy atom. The largest absolute Gasteiger partial charge is 0.465 e. The summed E-state index contributed by atoms with van der Waals surface area (Å²) in [5, 5.41) is 12.0. The SMILES string of the molecule is Cc1cnc(NCC2CCN(C(=O)O)CC2)nc1. The van der Waals surface area contributed by atoms with Gasteiger partial charge in [-0.1, -0.05) is 0 Å². The van der Waals surface area contributed by atoms with Gasteiger partial charge in [0.05, 0.1) is 0 Å². The maximum atomic E-state index is 10.8. The maximum Gasteiger partial charge on any atom is 0.407 e. The molecule has 0 radical (unpaired) electrons. The molecule has 1 fully saturated rings. The molecule has 0 aromatic carbocycles. The highest BCUT2D eigenvalue weighted by Crippen LogP contribution is 2.17. The molecule has 1 saturated heterocycles. The molecule has 2 N–H and O–H groups in total. The van der Waals surface area contributed by atoms with Gasteiger partial charge in [0, 0.05) is 32.0 Å². The maximum absolute atomic E-state index is 10.8. The number of nitrogens with zero attached hydrogens (tertiary/aromatic N) is 3. The van der Waals surface area contributed by atoms with E-state index in [-0.39, 0.29) is 0 Å². The second-order valence-corrected chi connectivity index (χ2v) is 4.68. The first kappa shape index (κ1) is 12.6. The third-order valence-corrected chi connectivity index (χ3v) is 3.21. The number of carbonyl (C=O) groups is 1. The third-order valence-electron chi connectivity index (χ3n) is 3.21. The lowest BCUT2D eigenvalue weighted by molar-refractivity contribution is 0.126. The van der Waals surface area contributed by atoms with Crippen molar-refractivity contribution in [1.29, 1.82) is 0 Å². The fourth-order valence-electron chi connectivity index (χ4n) is 2.05. The van der Waals surface area contributed by atoms with Crippen LogP contribution in [0.5, 0.6) is 0 Å². The topological polar surface area (TPSA) is 78.4 Å². The molecule has 0 saturated carbocycles. The number of anilines is 1. The van der Waals surface area contributed by atoms with Crippen LogP contribution in [0, 0.1) is 12.8 Å². The normalized spacial score (nSPS) is 16.6. The van der Waals surface area contributed by atoms with E-state index in [1.807, 2.05) is 6.92 Å². The zero-order valence-corrected chi connectivity index (χ0v) is 10.5. The molecule has 0 atom stereocenters. The molecule has 98 valence electrons. The predicted molar refractivity (Wildman–Crippen MR) is 67.6 cm³/mol. The van der Waals surface area contributed by atoms with Crippen molar-refractivity contribution < 1.29 is 9.90 Å². The van der Waals surface area contributed by atoms with Gasteiger partial charge < -0.3 is 15.3 Å². The molecule has 2 heterocycles. The van der Waals surface area contributed by atoms with Crippen molar-refractivity contribution >= 4 is 12.0 Å². The molecule has 1 aromatic rings. The number of aryl methyl sites for hydroxylation is 1. The summed E-state index contributed by atoms with van der Waals surface area (Å²) in [6.45, 7) is 3.99. The van der Waals surface area contributed by atoms with Crippen molar-refractivity contribution in [2.75, 3.05) is 25.0 Å². The second-order valence-electron chi connectivity index (χ2n) is 4.68. The number of carboxylic acid groups (broad SMARTS) is 1. The van der Waals surface area contributed by atoms with E-state index in [4.69, 9.17) is 5.11 Å². The van der Waals surface area contributed by atoms with Crippen LogP contribution in [0.15, 0.2) is 12.4 Å². The summed E-state index contributed by atoms with van der Waals surface area (Å²) >= 11 is 0. The molecule has 6 heteroatoms. The molecule has 1 amide bonds. The Bertz CT molecular complexity index is 399. The van der Waals surface area contributed by atoms with Gasteiger partial charge in [-0.25, -0.2) is 14.8 Å². The minimum atomic E-state index is -0.816. The van der Waals surface area contributed by atoms with E-state index in [9.17, 15) is 4.79 Å². The highest BCUT2D eigenvalue weighted by Gasteiger charge is 2.21. The van der Waals surface area contributed by atoms with Crippen LogP contribution in [0.25, 0.3) is 0 Å². The van der Waals surface area contributed by atoms with E-state index in [2.05, 4.69) is 15.3 Å². The first-order valence-corrected chi connectivity index (χ1v) is 6.15. The van der Waals surface area contributed by atoms with Gasteiger partial charge in [-0.15, -0.1) is 0 Å². The van der Waals surface area contributed by atoms with Crippen LogP contribution in [0.3, 0.4) is 0 Å². The molecule has 0 unspecified atom stereocenters. The summed E-state index contributed by atoms with van der Waals surface area (Å²) < 4.78 is 0. The van der Waals surface area contributed by atoms with E-state index in [1.54, 1.807) is 12.4 Å². The Hall–Kier alpha value is -1.85. The van der Waals surface area contributed by atoms with Gasteiger partial charge in [0.25, 0.3) is 0 Å². The fourth-order valence-corrected chi connectivity index (χ4v) is 2.05. The van der Waals surface area contributed by atoms with Gasteiger partial charge in [0.1, 0.15) is 0 Å². The number of rotatable bonds is 3. The zero-order valence-electron chi connectivity index (χ0n) is 10.5. The molecule has 1 aliphatic heterocycles. The van der Waals surface area contributed by atoms with Gasteiger partial charge in [-0.05, 0) is 31.2 Å². The molecule has 0 bridgehead atoms. The van der Waals surface area contributed by atoms with E-state index in [1.165, 1.54) is 4.90 Å². The van der Waals surface area contributed by atoms with E-state index in [0.717, 1.165) is 24.9 Å². The number of hydrogen-bond acceptors (Lipinski definition) is 4. The monoisotopic (exact) mass is 250 g/mol. The highest BCUT2D eigenvalue weighted by molar-refractivity contribution is 5.64. The third kappa shape index (κ3) is 3.32. The Labute approximate surface area is 106 Å². The van der Waals surface area contributed by atoms with Crippen LogP contribution < -0.4 is 5.32 Å². The summed E-state index contributed by atoms with van der Waals surface area (Å²) in [6.07, 6.45) is 4.53. The fraction of sp³-hybridized carbons (Fsp3) is 0.583. The van der Waals surface area contributed by atoms with Crippen LogP contribution in [0.1, 0.15) is 18.4 Å². The van der Waals surface area contributed by atoms with Crippen LogP contribution in [-0.2, 0) is 0 Å². The first-order chi connectivity index (χ1) is 8.65. The van der Waals surface area contributed by atoms with E-state index in [0.29, 0.717) is 25.0 Å². The summed E-state index contributed by atoms with van der Waals surface area (Å²) in [4.78, 5) is 20.6. The number of hydrogen-bond donors (Lipinski definition) is 2. The van der Waals surface area contributed by atoms with Crippen LogP contribution in [0.2, 0.25) is 0 Å². The Balaban J connectivity index is 1.75. The van der Waals surface area contributed by atoms with Gasteiger partial charge in [0.2, 0.25) is 5.95 Å². The molecule has 6 nitrogen and oxygen atoms in total. The van der Waals surface area contributed by atoms with E-state index < -0.39 is 6.09 Å². The predicted octanol–water partition coefficient (Wildman–Crippen LogP) is 1.59. The lowest BCUT2D eigenvalue weighted by Crippen LogP contribution is -2.39. The van der Waals surface area contributed by atoms with Gasteiger partial charge >= 0.3 is 6.09 Å². The highest BCUT2D eigenvalue weighted by atomic mass is 16.4. The summed E-state index contributed by atoms with van der Waals surface area (Å²) in [6, 6.07) is 0. The van der Waals surface area contributed by atoms with Crippen LogP contribution in [0.4, 0.5) is 10.7 Å². The first-order valence-electron chi connectivity index (χ1n) is 6.15. The number of nitrogens with one attached hydrogen (secondary N) is 1. The zero-order chi connectivity index (χ0) is 13.0. The Morgan fingerprint density at radius 3 is 2.61 bits per heavy atom. The molecule has 18 heavy (non-hydrogen) atoms. The van der Waals surface area contributed by atoms with Crippen molar-refractivity contribution in [3.63, 3.8) is 0 Å². The van der Waals surface area contributed by atoms with Crippen molar-refractivity contribution in [2.45, 2.75) is 19.8 Å². The second kappa shape index (κ2) is 5.66. The number of amides is 1. The smallest absolute Gasteiger partial charge is 0.407 e. The lowest BCUT2D eigenvalue weighted by Gasteiger charge is -2.29. The van der Waals surface area contributed by atoms with Gasteiger partial charge in [-0.2, -0.15) is 0 Å². The van der Waals surface area contributed by atoms with Crippen LogP contribution >= 0.6 is 0 Å². The number of aromatic nitrogens is 2. The van der Waals surface area contributed by atoms with E-state index >= 15 is 0 Å². The minimum absolute atomic E-state index is 0.491.